The zero-order valence-corrected chi connectivity index (χ0v) is 47.2. The van der Waals surface area contributed by atoms with Crippen LogP contribution < -0.4 is 0 Å². The van der Waals surface area contributed by atoms with Gasteiger partial charge in [0.1, 0.15) is 13.2 Å². The molecule has 0 spiro atoms. The Morgan fingerprint density at radius 3 is 0.873 bits per heavy atom. The monoisotopic (exact) mass is 993 g/mol. The van der Waals surface area contributed by atoms with Gasteiger partial charge in [-0.2, -0.15) is 0 Å². The Morgan fingerprint density at radius 2 is 0.549 bits per heavy atom. The van der Waals surface area contributed by atoms with Gasteiger partial charge >= 0.3 is 17.9 Å². The predicted molar refractivity (Wildman–Crippen MR) is 307 cm³/mol. The third-order valence-electron chi connectivity index (χ3n) is 13.5. The predicted octanol–water partition coefficient (Wildman–Crippen LogP) is 20.8. The summed E-state index contributed by atoms with van der Waals surface area (Å²) in [6.07, 6.45) is 75.0. The second kappa shape index (κ2) is 59.7. The molecule has 0 rings (SSSR count). The number of hydrogen-bond acceptors (Lipinski definition) is 6. The van der Waals surface area contributed by atoms with E-state index in [-0.39, 0.29) is 31.1 Å². The molecular weight excluding hydrogens is 877 g/mol. The van der Waals surface area contributed by atoms with Gasteiger partial charge < -0.3 is 14.2 Å². The number of esters is 3. The van der Waals surface area contributed by atoms with Crippen LogP contribution in [-0.4, -0.2) is 37.2 Å². The van der Waals surface area contributed by atoms with E-state index in [1.54, 1.807) is 0 Å². The van der Waals surface area contributed by atoms with E-state index >= 15 is 0 Å². The lowest BCUT2D eigenvalue weighted by Gasteiger charge is -2.18. The largest absolute Gasteiger partial charge is 0.462 e. The van der Waals surface area contributed by atoms with Gasteiger partial charge in [0.05, 0.1) is 0 Å². The van der Waals surface area contributed by atoms with E-state index < -0.39 is 6.10 Å². The molecule has 0 fully saturated rings. The van der Waals surface area contributed by atoms with Crippen LogP contribution >= 0.6 is 0 Å². The zero-order valence-electron chi connectivity index (χ0n) is 47.2. The molecule has 0 amide bonds. The Kier molecular flexibility index (Phi) is 57.2. The highest BCUT2D eigenvalue weighted by Gasteiger charge is 2.19. The molecule has 1 atom stereocenters. The van der Waals surface area contributed by atoms with E-state index in [9.17, 15) is 14.4 Å². The molecule has 0 N–H and O–H groups in total. The quantitative estimate of drug-likeness (QED) is 0.0261. The van der Waals surface area contributed by atoms with Crippen LogP contribution in [0, 0.1) is 0 Å². The van der Waals surface area contributed by atoms with E-state index in [4.69, 9.17) is 14.2 Å². The van der Waals surface area contributed by atoms with Crippen LogP contribution in [0.15, 0.2) is 60.8 Å². The highest BCUT2D eigenvalue weighted by Crippen LogP contribution is 2.17. The molecule has 0 aliphatic rings. The van der Waals surface area contributed by atoms with Gasteiger partial charge in [0.25, 0.3) is 0 Å². The van der Waals surface area contributed by atoms with E-state index in [2.05, 4.69) is 81.5 Å². The summed E-state index contributed by atoms with van der Waals surface area (Å²) < 4.78 is 16.9. The van der Waals surface area contributed by atoms with Crippen molar-refractivity contribution in [2.75, 3.05) is 13.2 Å². The Morgan fingerprint density at radius 1 is 0.296 bits per heavy atom. The summed E-state index contributed by atoms with van der Waals surface area (Å²) in [6, 6.07) is 0. The molecule has 6 nitrogen and oxygen atoms in total. The van der Waals surface area contributed by atoms with Crippen molar-refractivity contribution >= 4 is 17.9 Å². The first kappa shape index (κ1) is 68.1. The minimum Gasteiger partial charge on any atom is -0.462 e. The molecule has 0 saturated carbocycles. The fourth-order valence-electron chi connectivity index (χ4n) is 8.90. The van der Waals surface area contributed by atoms with E-state index in [0.29, 0.717) is 19.3 Å². The van der Waals surface area contributed by atoms with E-state index in [1.807, 2.05) is 0 Å². The average Bonchev–Trinajstić information content (AvgIpc) is 3.37. The summed E-state index contributed by atoms with van der Waals surface area (Å²) >= 11 is 0. The van der Waals surface area contributed by atoms with Gasteiger partial charge in [0.2, 0.25) is 0 Å². The molecule has 0 aromatic carbocycles. The third-order valence-corrected chi connectivity index (χ3v) is 13.5. The maximum absolute atomic E-state index is 12.9. The van der Waals surface area contributed by atoms with Crippen molar-refractivity contribution in [1.29, 1.82) is 0 Å². The Balaban J connectivity index is 4.38. The van der Waals surface area contributed by atoms with Crippen LogP contribution in [0.25, 0.3) is 0 Å². The molecule has 6 heteroatoms. The number of unbranched alkanes of at least 4 members (excludes halogenated alkanes) is 35. The highest BCUT2D eigenvalue weighted by atomic mass is 16.6. The lowest BCUT2D eigenvalue weighted by molar-refractivity contribution is -0.167. The summed E-state index contributed by atoms with van der Waals surface area (Å²) in [5.74, 6) is -0.894. The van der Waals surface area contributed by atoms with Crippen LogP contribution in [0.3, 0.4) is 0 Å². The van der Waals surface area contributed by atoms with Crippen molar-refractivity contribution in [1.82, 2.24) is 0 Å². The number of hydrogen-bond donors (Lipinski definition) is 0. The maximum Gasteiger partial charge on any atom is 0.306 e. The Bertz CT molecular complexity index is 1280. The molecule has 0 aliphatic heterocycles. The number of ether oxygens (including phenoxy) is 3. The number of allylic oxidation sites excluding steroid dienone is 10. The van der Waals surface area contributed by atoms with Gasteiger partial charge in [-0.15, -0.1) is 0 Å². The topological polar surface area (TPSA) is 78.9 Å². The standard InChI is InChI=1S/C65H116O6/c1-4-7-10-13-16-19-22-25-28-31-32-35-37-40-43-46-49-52-55-58-64(67)70-61-62(71-65(68)59-56-53-50-47-44-41-38-34-30-27-24-21-18-15-12-9-6-3)60-69-63(66)57-54-51-48-45-42-39-36-33-29-26-23-20-17-14-11-8-5-2/h9,12,18,21,26-27,29-30,38,41,62H,4-8,10-11,13-17,19-20,22-25,28,31-37,39-40,42-61H2,1-3H3/b12-9-,21-18-,29-26-,30-27-,41-38-/t62-/m1/s1. The first-order valence-corrected chi connectivity index (χ1v) is 30.8. The van der Waals surface area contributed by atoms with Crippen molar-refractivity contribution in [3.63, 3.8) is 0 Å². The highest BCUT2D eigenvalue weighted by molar-refractivity contribution is 5.71. The van der Waals surface area contributed by atoms with Crippen LogP contribution in [0.5, 0.6) is 0 Å². The van der Waals surface area contributed by atoms with Crippen molar-refractivity contribution in [3.05, 3.63) is 60.8 Å². The Labute approximate surface area is 440 Å². The van der Waals surface area contributed by atoms with Gasteiger partial charge in [0, 0.05) is 19.3 Å². The molecule has 0 heterocycles. The lowest BCUT2D eigenvalue weighted by atomic mass is 10.0. The van der Waals surface area contributed by atoms with Crippen molar-refractivity contribution in [2.45, 2.75) is 322 Å². The molecule has 0 unspecified atom stereocenters. The van der Waals surface area contributed by atoms with Gasteiger partial charge in [-0.05, 0) is 83.5 Å². The van der Waals surface area contributed by atoms with E-state index in [1.165, 1.54) is 180 Å². The third kappa shape index (κ3) is 57.9. The molecule has 0 saturated heterocycles. The molecule has 0 aromatic heterocycles. The average molecular weight is 994 g/mol. The van der Waals surface area contributed by atoms with Crippen LogP contribution in [0.2, 0.25) is 0 Å². The maximum atomic E-state index is 12.9. The lowest BCUT2D eigenvalue weighted by Crippen LogP contribution is -2.30. The molecule has 0 aromatic rings. The molecule has 0 radical (unpaired) electrons. The number of rotatable bonds is 56. The van der Waals surface area contributed by atoms with Gasteiger partial charge in [-0.1, -0.05) is 274 Å². The van der Waals surface area contributed by atoms with Crippen LogP contribution in [0.1, 0.15) is 316 Å². The summed E-state index contributed by atoms with van der Waals surface area (Å²) in [4.78, 5) is 38.3. The fraction of sp³-hybridized carbons (Fsp3) is 0.800. The smallest absolute Gasteiger partial charge is 0.306 e. The second-order valence-electron chi connectivity index (χ2n) is 20.6. The van der Waals surface area contributed by atoms with Gasteiger partial charge in [-0.25, -0.2) is 0 Å². The number of carbonyl (C=O) groups is 3. The first-order valence-electron chi connectivity index (χ1n) is 30.8. The van der Waals surface area contributed by atoms with E-state index in [0.717, 1.165) is 96.3 Å². The van der Waals surface area contributed by atoms with Crippen molar-refractivity contribution in [2.24, 2.45) is 0 Å². The summed E-state index contributed by atoms with van der Waals surface area (Å²) in [5, 5.41) is 0. The minimum absolute atomic E-state index is 0.0826. The normalized spacial score (nSPS) is 12.4. The van der Waals surface area contributed by atoms with Gasteiger partial charge in [0.15, 0.2) is 6.10 Å². The van der Waals surface area contributed by atoms with Gasteiger partial charge in [-0.3, -0.25) is 14.4 Å². The molecule has 71 heavy (non-hydrogen) atoms. The summed E-state index contributed by atoms with van der Waals surface area (Å²) in [6.45, 7) is 6.54. The fourth-order valence-corrected chi connectivity index (χ4v) is 8.90. The zero-order chi connectivity index (χ0) is 51.4. The SMILES string of the molecule is CC/C=C\C/C=C\C/C=C\C/C=C\CCCCCCC(=O)O[C@H](COC(=O)CCCCCCCCC/C=C\CCCCCCCC)COC(=O)CCCCCCCCCCCCCCCCCCCCC. The van der Waals surface area contributed by atoms with Crippen molar-refractivity contribution in [3.8, 4) is 0 Å². The molecule has 0 bridgehead atoms. The minimum atomic E-state index is -0.788. The Hall–Kier alpha value is -2.89. The molecular formula is C65H116O6. The first-order chi connectivity index (χ1) is 35.0. The van der Waals surface area contributed by atoms with Crippen molar-refractivity contribution < 1.29 is 28.6 Å². The molecule has 412 valence electrons. The number of carbonyl (C=O) groups excluding carboxylic acids is 3. The summed E-state index contributed by atoms with van der Waals surface area (Å²) in [5.41, 5.74) is 0. The van der Waals surface area contributed by atoms with Crippen LogP contribution in [0.4, 0.5) is 0 Å². The summed E-state index contributed by atoms with van der Waals surface area (Å²) in [7, 11) is 0. The molecule has 0 aliphatic carbocycles. The second-order valence-corrected chi connectivity index (χ2v) is 20.6. The van der Waals surface area contributed by atoms with Crippen LogP contribution in [-0.2, 0) is 28.6 Å².